The first-order chi connectivity index (χ1) is 18.4. The number of anilines is 1. The molecule has 1 atom stereocenters. The van der Waals surface area contributed by atoms with Crippen molar-refractivity contribution in [2.75, 3.05) is 18.4 Å². The number of H-pyrrole nitrogens is 1. The molecule has 0 bridgehead atoms. The van der Waals surface area contributed by atoms with E-state index in [0.717, 1.165) is 17.3 Å². The van der Waals surface area contributed by atoms with E-state index in [9.17, 15) is 19.5 Å². The third kappa shape index (κ3) is 6.79. The number of nitrogens with zero attached hydrogens (tertiary/aromatic N) is 6. The fraction of sp³-hybridized carbons (Fsp3) is 0.217. The molecule has 38 heavy (non-hydrogen) atoms. The molecule has 4 rings (SSSR count). The van der Waals surface area contributed by atoms with Crippen LogP contribution >= 0.6 is 0 Å². The Morgan fingerprint density at radius 1 is 1.13 bits per heavy atom. The van der Waals surface area contributed by atoms with Gasteiger partial charge < -0.3 is 10.3 Å². The number of carbonyl (C=O) groups excluding carboxylic acids is 2. The number of imidazole rings is 1. The number of aryl methyl sites for hydroxylation is 1. The molecule has 14 nitrogen and oxygen atoms in total. The molecule has 0 saturated carbocycles. The Kier molecular flexibility index (Phi) is 8.77. The zero-order chi connectivity index (χ0) is 26.9. The first kappa shape index (κ1) is 26.5. The molecule has 0 aliphatic rings. The minimum atomic E-state index is -1.35. The van der Waals surface area contributed by atoms with Gasteiger partial charge in [-0.05, 0) is 24.6 Å². The Labute approximate surface area is 226 Å². The van der Waals surface area contributed by atoms with Gasteiger partial charge in [0, 0.05) is 36.4 Å². The molecule has 1 aromatic carbocycles. The molecule has 2 amide bonds. The predicted octanol–water partition coefficient (Wildman–Crippen LogP) is 1.15. The van der Waals surface area contributed by atoms with Crippen molar-refractivity contribution < 1.29 is 38.2 Å². The maximum absolute atomic E-state index is 12.7. The number of amides is 2. The van der Waals surface area contributed by atoms with E-state index in [2.05, 4.69) is 44.5 Å². The largest absolute Gasteiger partial charge is 0.356 e. The second-order valence-corrected chi connectivity index (χ2v) is 8.39. The van der Waals surface area contributed by atoms with Crippen molar-refractivity contribution in [3.05, 3.63) is 66.2 Å². The maximum atomic E-state index is 12.7. The summed E-state index contributed by atoms with van der Waals surface area (Å²) >= 11 is 1.70. The van der Waals surface area contributed by atoms with Gasteiger partial charge in [-0.15, -0.1) is 0 Å². The SMILES string of the molecule is O=C(NCC(NC(=O)c1ccc(N=[N+]=[Tc])nc1)C(=O)O)c1ccc2c(cnn2CCCNc2ncc[nH]2)c1. The van der Waals surface area contributed by atoms with Gasteiger partial charge in [0.2, 0.25) is 0 Å². The normalized spacial score (nSPS) is 11.4. The van der Waals surface area contributed by atoms with Crippen LogP contribution in [-0.2, 0) is 30.1 Å². The summed E-state index contributed by atoms with van der Waals surface area (Å²) in [5.41, 5.74) is 1.36. The Morgan fingerprint density at radius 2 is 1.97 bits per heavy atom. The number of benzene rings is 1. The molecule has 1 unspecified atom stereocenters. The van der Waals surface area contributed by atoms with Crippen molar-refractivity contribution in [2.24, 2.45) is 5.11 Å². The van der Waals surface area contributed by atoms with Crippen molar-refractivity contribution in [3.8, 4) is 0 Å². The quantitative estimate of drug-likeness (QED) is 0.0907. The van der Waals surface area contributed by atoms with Crippen LogP contribution in [0.4, 0.5) is 11.8 Å². The third-order valence-corrected chi connectivity index (χ3v) is 5.65. The van der Waals surface area contributed by atoms with Gasteiger partial charge in [0.1, 0.15) is 0 Å². The number of aromatic amines is 1. The van der Waals surface area contributed by atoms with E-state index in [1.165, 1.54) is 18.3 Å². The summed E-state index contributed by atoms with van der Waals surface area (Å²) in [6, 6.07) is 6.70. The zero-order valence-corrected chi connectivity index (χ0v) is 21.7. The van der Waals surface area contributed by atoms with Crippen LogP contribution in [0.2, 0.25) is 0 Å². The molecule has 15 heteroatoms. The number of pyridine rings is 1. The monoisotopic (exact) mass is 600 g/mol. The van der Waals surface area contributed by atoms with E-state index in [1.807, 2.05) is 4.68 Å². The van der Waals surface area contributed by atoms with E-state index in [4.69, 9.17) is 0 Å². The molecule has 5 N–H and O–H groups in total. The first-order valence-electron chi connectivity index (χ1n) is 11.4. The molecule has 0 aliphatic heterocycles. The van der Waals surface area contributed by atoms with Crippen molar-refractivity contribution in [1.82, 2.24) is 38.8 Å². The van der Waals surface area contributed by atoms with Gasteiger partial charge in [0.05, 0.1) is 11.7 Å². The summed E-state index contributed by atoms with van der Waals surface area (Å²) in [7, 11) is 0. The zero-order valence-electron chi connectivity index (χ0n) is 19.8. The van der Waals surface area contributed by atoms with Gasteiger partial charge in [0.25, 0.3) is 0 Å². The van der Waals surface area contributed by atoms with Gasteiger partial charge >= 0.3 is 118 Å². The van der Waals surface area contributed by atoms with E-state index in [1.54, 1.807) is 55.5 Å². The topological polar surface area (TPSA) is 193 Å². The van der Waals surface area contributed by atoms with Crippen molar-refractivity contribution >= 4 is 40.5 Å². The minimum Gasteiger partial charge on any atom is -0.356 e. The second kappa shape index (κ2) is 12.6. The Balaban J connectivity index is 1.31. The van der Waals surface area contributed by atoms with Crippen LogP contribution in [0.3, 0.4) is 0 Å². The van der Waals surface area contributed by atoms with Gasteiger partial charge in [-0.25, -0.2) is 4.98 Å². The van der Waals surface area contributed by atoms with Crippen LogP contribution in [0.1, 0.15) is 27.1 Å². The molecule has 3 heterocycles. The van der Waals surface area contributed by atoms with E-state index in [0.29, 0.717) is 30.4 Å². The Bertz CT molecular complexity index is 1480. The fourth-order valence-electron chi connectivity index (χ4n) is 3.56. The molecular formula is C23H23N10O4Tc+. The molecule has 0 fully saturated rings. The molecule has 0 radical (unpaired) electrons. The number of carboxylic acid groups (broad SMARTS) is 1. The summed E-state index contributed by atoms with van der Waals surface area (Å²) in [5, 5.41) is 26.6. The molecule has 195 valence electrons. The number of fused-ring (bicyclic) bond motifs is 1. The van der Waals surface area contributed by atoms with Crippen LogP contribution in [-0.4, -0.2) is 66.8 Å². The number of rotatable bonds is 12. The minimum absolute atomic E-state index is 0.147. The molecule has 0 aliphatic carbocycles. The average molecular weight is 602 g/mol. The van der Waals surface area contributed by atoms with Gasteiger partial charge in [-0.2, -0.15) is 5.10 Å². The Morgan fingerprint density at radius 3 is 2.68 bits per heavy atom. The number of nitrogens with one attached hydrogen (secondary N) is 4. The van der Waals surface area contributed by atoms with Crippen LogP contribution in [0, 0.1) is 0 Å². The number of hydrogen-bond acceptors (Lipinski definition) is 8. The Hall–Kier alpha value is -4.58. The summed E-state index contributed by atoms with van der Waals surface area (Å²) in [4.78, 5) is 47.9. The smallest absolute Gasteiger partial charge is 0.200 e. The summed E-state index contributed by atoms with van der Waals surface area (Å²) in [5.74, 6) is -1.40. The number of aromatic nitrogens is 5. The number of carbonyl (C=O) groups is 3. The van der Waals surface area contributed by atoms with Crippen molar-refractivity contribution in [2.45, 2.75) is 19.0 Å². The van der Waals surface area contributed by atoms with Gasteiger partial charge in [-0.1, -0.05) is 0 Å². The third-order valence-electron chi connectivity index (χ3n) is 5.46. The summed E-state index contributed by atoms with van der Waals surface area (Å²) in [6.45, 7) is 1.07. The summed E-state index contributed by atoms with van der Waals surface area (Å²) in [6.07, 6.45) is 7.17. The summed E-state index contributed by atoms with van der Waals surface area (Å²) < 4.78 is 5.41. The molecule has 0 spiro atoms. The molecular weight excluding hydrogens is 578 g/mol. The number of carboxylic acids is 1. The first-order valence-corrected chi connectivity index (χ1v) is 12.3. The van der Waals surface area contributed by atoms with Crippen LogP contribution in [0.5, 0.6) is 0 Å². The fourth-order valence-corrected chi connectivity index (χ4v) is 3.75. The number of aliphatic carboxylic acids is 1. The number of hydrogen-bond donors (Lipinski definition) is 5. The van der Waals surface area contributed by atoms with Crippen molar-refractivity contribution in [1.29, 1.82) is 0 Å². The van der Waals surface area contributed by atoms with Crippen molar-refractivity contribution in [3.63, 3.8) is 0 Å². The molecule has 0 saturated heterocycles. The average Bonchev–Trinajstić information content (AvgIpc) is 3.59. The van der Waals surface area contributed by atoms with Crippen LogP contribution in [0.15, 0.2) is 60.2 Å². The van der Waals surface area contributed by atoms with Gasteiger partial charge in [-0.3, -0.25) is 9.48 Å². The van der Waals surface area contributed by atoms with Gasteiger partial charge in [0.15, 0.2) is 5.95 Å². The molecule has 4 aromatic rings. The molecule has 3 aromatic heterocycles. The predicted molar refractivity (Wildman–Crippen MR) is 131 cm³/mol. The van der Waals surface area contributed by atoms with E-state index < -0.39 is 23.8 Å². The van der Waals surface area contributed by atoms with E-state index >= 15 is 0 Å². The second-order valence-electron chi connectivity index (χ2n) is 8.01. The van der Waals surface area contributed by atoms with Crippen LogP contribution < -0.4 is 19.4 Å². The van der Waals surface area contributed by atoms with E-state index in [-0.39, 0.29) is 12.1 Å². The van der Waals surface area contributed by atoms with Crippen LogP contribution in [0.25, 0.3) is 10.9 Å². The standard InChI is InChI=1S/C23H23N10O4.Tc/c24-32-19-5-3-15(11-28-19)21(35)31-17(22(36)37)13-29-20(34)14-2-4-18-16(10-14)12-30-33(18)9-1-6-25-23-26-7-8-27-23;/h2-5,7-8,10-12,17H,1,6,9,13H2,(H,29,34)(H,31,35)(H,36,37)(H2,25,26,27);/q-1;+2. The maximum Gasteiger partial charge on any atom is 0.200 e.